The Morgan fingerprint density at radius 3 is 2.27 bits per heavy atom. The monoisotopic (exact) mass is 531 g/mol. The number of methoxy groups -OCH3 is 1. The van der Waals surface area contributed by atoms with Crippen LogP contribution in [0.4, 0.5) is 28.0 Å². The van der Waals surface area contributed by atoms with Gasteiger partial charge in [-0.2, -0.15) is 8.78 Å². The third kappa shape index (κ3) is 7.05. The number of hydrogen-bond acceptors (Lipinski definition) is 7. The molecule has 2 rings (SSSR count). The van der Waals surface area contributed by atoms with Crippen LogP contribution < -0.4 is 20.9 Å². The van der Waals surface area contributed by atoms with Gasteiger partial charge in [-0.3, -0.25) is 24.5 Å². The molecule has 0 radical (unpaired) electrons. The first kappa shape index (κ1) is 28.8. The molecule has 1 heterocycles. The molecule has 2 amide bonds. The van der Waals surface area contributed by atoms with Crippen molar-refractivity contribution in [3.63, 3.8) is 0 Å². The molecule has 0 saturated carbocycles. The van der Waals surface area contributed by atoms with Crippen LogP contribution in [0.1, 0.15) is 25.8 Å². The maximum atomic E-state index is 13.8. The number of carboxylic acid groups (broad SMARTS) is 1. The molecule has 1 unspecified atom stereocenters. The van der Waals surface area contributed by atoms with E-state index in [1.807, 2.05) is 0 Å². The van der Waals surface area contributed by atoms with E-state index in [1.165, 1.54) is 25.3 Å². The number of pyridine rings is 1. The zero-order chi connectivity index (χ0) is 27.9. The summed E-state index contributed by atoms with van der Waals surface area (Å²) in [6, 6.07) is -0.603. The van der Waals surface area contributed by atoms with E-state index < -0.39 is 83.4 Å². The number of aliphatic carboxylic acids is 1. The van der Waals surface area contributed by atoms with Gasteiger partial charge >= 0.3 is 12.1 Å². The first-order chi connectivity index (χ1) is 17.4. The normalized spacial score (nSPS) is 12.3. The van der Waals surface area contributed by atoms with Crippen molar-refractivity contribution in [1.82, 2.24) is 9.88 Å². The number of ketones is 1. The van der Waals surface area contributed by atoms with Crippen molar-refractivity contribution in [2.45, 2.75) is 31.8 Å². The molecule has 1 aromatic carbocycles. The molecule has 0 aliphatic rings. The van der Waals surface area contributed by atoms with Crippen LogP contribution in [0.2, 0.25) is 0 Å². The number of carboxylic acids is 1. The quantitative estimate of drug-likeness (QED) is 0.295. The Bertz CT molecular complexity index is 1240. The van der Waals surface area contributed by atoms with E-state index in [9.17, 15) is 41.5 Å². The van der Waals surface area contributed by atoms with Gasteiger partial charge in [-0.25, -0.2) is 13.6 Å². The Labute approximate surface area is 206 Å². The summed E-state index contributed by atoms with van der Waals surface area (Å²) in [5.74, 6) is -12.7. The second kappa shape index (κ2) is 12.5. The Hall–Kier alpha value is -4.43. The molecule has 2 atom stereocenters. The lowest BCUT2D eigenvalue weighted by Crippen LogP contribution is -2.48. The summed E-state index contributed by atoms with van der Waals surface area (Å²) in [5, 5.41) is 13.4. The van der Waals surface area contributed by atoms with Crippen molar-refractivity contribution in [3.8, 4) is 5.75 Å². The molecule has 15 heteroatoms. The fourth-order valence-corrected chi connectivity index (χ4v) is 3.13. The van der Waals surface area contributed by atoms with Crippen LogP contribution in [0, 0.1) is 23.3 Å². The fourth-order valence-electron chi connectivity index (χ4n) is 3.13. The number of amides is 2. The van der Waals surface area contributed by atoms with Gasteiger partial charge in [0, 0.05) is 12.3 Å². The van der Waals surface area contributed by atoms with Crippen molar-refractivity contribution in [3.05, 3.63) is 58.0 Å². The van der Waals surface area contributed by atoms with Gasteiger partial charge in [-0.05, 0) is 18.6 Å². The minimum atomic E-state index is -1.92. The summed E-state index contributed by atoms with van der Waals surface area (Å²) in [6.45, 7) is 0.239. The smallest absolute Gasteiger partial charge is 0.411 e. The highest BCUT2D eigenvalue weighted by Gasteiger charge is 2.30. The number of rotatable bonds is 11. The molecular formula is C22H21F4N3O8. The predicted molar refractivity (Wildman–Crippen MR) is 117 cm³/mol. The Balaban J connectivity index is 2.26. The van der Waals surface area contributed by atoms with Gasteiger partial charge in [0.2, 0.25) is 17.5 Å². The second-order valence-electron chi connectivity index (χ2n) is 7.39. The molecule has 0 aliphatic carbocycles. The standard InChI is InChI=1S/C22H21F4N3O8/c1-3-14(29-6-4-5-12(21(29)34)28-22(35)36-2)20(33)27-13(8-16(31)32)15(30)9-37-19-17(25)10(23)7-11(24)18(19)26/h4-7,13-14H,3,8-9H2,1-2H3,(H,27,33)(H,28,35)(H,31,32)/t13-,14?/m0/s1. The number of carbonyl (C=O) groups is 4. The van der Waals surface area contributed by atoms with E-state index in [1.54, 1.807) is 0 Å². The number of aromatic nitrogens is 1. The number of carbonyl (C=O) groups excluding carboxylic acids is 3. The van der Waals surface area contributed by atoms with Gasteiger partial charge in [0.15, 0.2) is 23.2 Å². The third-order valence-corrected chi connectivity index (χ3v) is 4.94. The Morgan fingerprint density at radius 1 is 1.11 bits per heavy atom. The SMILES string of the molecule is CCC(C(=O)N[C@@H](CC(=O)O)C(=O)COc1c(F)c(F)cc(F)c1F)n1cccc(NC(=O)OC)c1=O. The van der Waals surface area contributed by atoms with E-state index in [0.29, 0.717) is 0 Å². The van der Waals surface area contributed by atoms with Crippen molar-refractivity contribution >= 4 is 29.4 Å². The summed E-state index contributed by atoms with van der Waals surface area (Å²) in [5.41, 5.74) is -1.06. The highest BCUT2D eigenvalue weighted by atomic mass is 19.2. The van der Waals surface area contributed by atoms with Gasteiger partial charge in [0.1, 0.15) is 24.4 Å². The Kier molecular flexibility index (Phi) is 9.74. The predicted octanol–water partition coefficient (Wildman–Crippen LogP) is 2.14. The van der Waals surface area contributed by atoms with E-state index >= 15 is 0 Å². The lowest BCUT2D eigenvalue weighted by molar-refractivity contribution is -0.140. The van der Waals surface area contributed by atoms with Crippen LogP contribution in [0.5, 0.6) is 5.75 Å². The fraction of sp³-hybridized carbons (Fsp3) is 0.318. The lowest BCUT2D eigenvalue weighted by Gasteiger charge is -2.22. The molecule has 0 bridgehead atoms. The largest absolute Gasteiger partial charge is 0.481 e. The third-order valence-electron chi connectivity index (χ3n) is 4.94. The minimum Gasteiger partial charge on any atom is -0.481 e. The lowest BCUT2D eigenvalue weighted by atomic mass is 10.1. The molecule has 1 aromatic heterocycles. The van der Waals surface area contributed by atoms with Gasteiger partial charge in [-0.15, -0.1) is 0 Å². The minimum absolute atomic E-state index is 0.0309. The first-order valence-electron chi connectivity index (χ1n) is 10.5. The second-order valence-corrected chi connectivity index (χ2v) is 7.39. The van der Waals surface area contributed by atoms with Gasteiger partial charge < -0.3 is 24.5 Å². The number of anilines is 1. The summed E-state index contributed by atoms with van der Waals surface area (Å²) in [7, 11) is 1.07. The average molecular weight is 531 g/mol. The highest BCUT2D eigenvalue weighted by molar-refractivity contribution is 5.93. The maximum Gasteiger partial charge on any atom is 0.411 e. The molecule has 0 saturated heterocycles. The van der Waals surface area contributed by atoms with Crippen LogP contribution in [0.15, 0.2) is 29.2 Å². The van der Waals surface area contributed by atoms with E-state index in [-0.39, 0.29) is 18.2 Å². The Morgan fingerprint density at radius 2 is 1.73 bits per heavy atom. The van der Waals surface area contributed by atoms with Crippen LogP contribution in [0.25, 0.3) is 0 Å². The van der Waals surface area contributed by atoms with Crippen LogP contribution in [0.3, 0.4) is 0 Å². The van der Waals surface area contributed by atoms with E-state index in [0.717, 1.165) is 11.7 Å². The topological polar surface area (TPSA) is 153 Å². The molecule has 0 fully saturated rings. The molecule has 0 spiro atoms. The van der Waals surface area contributed by atoms with Crippen LogP contribution in [-0.2, 0) is 19.1 Å². The molecule has 11 nitrogen and oxygen atoms in total. The zero-order valence-corrected chi connectivity index (χ0v) is 19.3. The first-order valence-corrected chi connectivity index (χ1v) is 10.5. The summed E-state index contributed by atoms with van der Waals surface area (Å²) >= 11 is 0. The van der Waals surface area contributed by atoms with Gasteiger partial charge in [0.25, 0.3) is 5.56 Å². The van der Waals surface area contributed by atoms with Crippen molar-refractivity contribution in [2.24, 2.45) is 0 Å². The summed E-state index contributed by atoms with van der Waals surface area (Å²) < 4.78 is 64.1. The number of nitrogens with one attached hydrogen (secondary N) is 2. The number of halogens is 4. The number of ether oxygens (including phenoxy) is 2. The average Bonchev–Trinajstić information content (AvgIpc) is 2.84. The molecule has 37 heavy (non-hydrogen) atoms. The maximum absolute atomic E-state index is 13.8. The molecule has 3 N–H and O–H groups in total. The molecular weight excluding hydrogens is 510 g/mol. The van der Waals surface area contributed by atoms with Gasteiger partial charge in [0.05, 0.1) is 13.5 Å². The summed E-state index contributed by atoms with van der Waals surface area (Å²) in [6.07, 6.45) is -0.770. The summed E-state index contributed by atoms with van der Waals surface area (Å²) in [4.78, 5) is 60.8. The molecule has 2 aromatic rings. The van der Waals surface area contributed by atoms with Gasteiger partial charge in [-0.1, -0.05) is 6.92 Å². The van der Waals surface area contributed by atoms with Crippen LogP contribution >= 0.6 is 0 Å². The van der Waals surface area contributed by atoms with Crippen LogP contribution in [-0.4, -0.2) is 53.2 Å². The number of Topliss-reactive ketones (excluding diaryl/α,β-unsaturated/α-hetero) is 1. The number of nitrogens with zero attached hydrogens (tertiary/aromatic N) is 1. The van der Waals surface area contributed by atoms with Crippen molar-refractivity contribution in [1.29, 1.82) is 0 Å². The molecule has 200 valence electrons. The van der Waals surface area contributed by atoms with Crippen molar-refractivity contribution < 1.29 is 51.3 Å². The number of benzene rings is 1. The highest BCUT2D eigenvalue weighted by Crippen LogP contribution is 2.26. The molecule has 0 aliphatic heterocycles. The zero-order valence-electron chi connectivity index (χ0n) is 19.3. The van der Waals surface area contributed by atoms with E-state index in [4.69, 9.17) is 5.11 Å². The number of hydrogen-bond donors (Lipinski definition) is 3. The van der Waals surface area contributed by atoms with Crippen molar-refractivity contribution in [2.75, 3.05) is 19.0 Å². The van der Waals surface area contributed by atoms with E-state index in [2.05, 4.69) is 20.1 Å².